The van der Waals surface area contributed by atoms with Crippen molar-refractivity contribution in [2.75, 3.05) is 10.6 Å². The van der Waals surface area contributed by atoms with Gasteiger partial charge in [0.05, 0.1) is 5.69 Å². The van der Waals surface area contributed by atoms with Gasteiger partial charge in [0, 0.05) is 17.0 Å². The van der Waals surface area contributed by atoms with E-state index < -0.39 is 0 Å². The molecule has 0 saturated heterocycles. The molecule has 4 saturated carbocycles. The smallest absolute Gasteiger partial charge is 0.231 e. The standard InChI is InChI=1S/C21H27N3O2/c25-18(20-7-3-14(12-20)4-8-20)23-16-2-1-11-22-17(16)24-19(26)21-9-5-15(13-21)6-10-21/h1-2,11,14-15H,3-10,12-13H2,(H,23,25)(H,22,24,26). The van der Waals surface area contributed by atoms with E-state index in [9.17, 15) is 9.59 Å². The molecule has 1 aromatic heterocycles. The van der Waals surface area contributed by atoms with Crippen LogP contribution in [0.2, 0.25) is 0 Å². The van der Waals surface area contributed by atoms with Crippen molar-refractivity contribution in [3.8, 4) is 0 Å². The molecule has 26 heavy (non-hydrogen) atoms. The van der Waals surface area contributed by atoms with Crippen LogP contribution in [0, 0.1) is 22.7 Å². The fraction of sp³-hybridized carbons (Fsp3) is 0.667. The van der Waals surface area contributed by atoms with Crippen molar-refractivity contribution in [2.24, 2.45) is 22.7 Å². The van der Waals surface area contributed by atoms with Gasteiger partial charge in [-0.05, 0) is 88.2 Å². The van der Waals surface area contributed by atoms with E-state index in [1.165, 1.54) is 25.7 Å². The lowest BCUT2D eigenvalue weighted by Gasteiger charge is -2.27. The summed E-state index contributed by atoms with van der Waals surface area (Å²) in [4.78, 5) is 30.3. The van der Waals surface area contributed by atoms with Gasteiger partial charge in [0.2, 0.25) is 11.8 Å². The normalized spacial score (nSPS) is 37.1. The molecule has 138 valence electrons. The summed E-state index contributed by atoms with van der Waals surface area (Å²) in [6.07, 6.45) is 12.4. The van der Waals surface area contributed by atoms with Gasteiger partial charge in [-0.3, -0.25) is 9.59 Å². The van der Waals surface area contributed by atoms with Gasteiger partial charge in [-0.1, -0.05) is 0 Å². The quantitative estimate of drug-likeness (QED) is 0.855. The van der Waals surface area contributed by atoms with E-state index >= 15 is 0 Å². The van der Waals surface area contributed by atoms with Crippen LogP contribution >= 0.6 is 0 Å². The number of pyridine rings is 1. The number of fused-ring (bicyclic) bond motifs is 4. The molecule has 0 radical (unpaired) electrons. The molecule has 1 heterocycles. The summed E-state index contributed by atoms with van der Waals surface area (Å²) in [6, 6.07) is 3.66. The van der Waals surface area contributed by atoms with Gasteiger partial charge in [0.1, 0.15) is 0 Å². The maximum atomic E-state index is 13.0. The lowest BCUT2D eigenvalue weighted by atomic mass is 9.83. The first-order valence-electron chi connectivity index (χ1n) is 10.2. The van der Waals surface area contributed by atoms with Crippen LogP contribution in [0.4, 0.5) is 11.5 Å². The van der Waals surface area contributed by atoms with Crippen LogP contribution in [0.5, 0.6) is 0 Å². The third kappa shape index (κ3) is 2.47. The predicted molar refractivity (Wildman–Crippen MR) is 99.5 cm³/mol. The Labute approximate surface area is 154 Å². The van der Waals surface area contributed by atoms with E-state index in [0.29, 0.717) is 11.5 Å². The highest BCUT2D eigenvalue weighted by Crippen LogP contribution is 2.55. The molecular weight excluding hydrogens is 326 g/mol. The van der Waals surface area contributed by atoms with Gasteiger partial charge in [-0.2, -0.15) is 0 Å². The molecule has 2 amide bonds. The predicted octanol–water partition coefficient (Wildman–Crippen LogP) is 4.12. The molecule has 0 aromatic carbocycles. The summed E-state index contributed by atoms with van der Waals surface area (Å²) < 4.78 is 0. The Morgan fingerprint density at radius 3 is 1.92 bits per heavy atom. The van der Waals surface area contributed by atoms with Crippen molar-refractivity contribution in [1.82, 2.24) is 4.98 Å². The zero-order chi connectivity index (χ0) is 17.8. The van der Waals surface area contributed by atoms with Crippen LogP contribution in [-0.4, -0.2) is 16.8 Å². The summed E-state index contributed by atoms with van der Waals surface area (Å²) in [6.45, 7) is 0. The van der Waals surface area contributed by atoms with E-state index in [1.807, 2.05) is 12.1 Å². The van der Waals surface area contributed by atoms with Crippen LogP contribution in [0.15, 0.2) is 18.3 Å². The Kier molecular flexibility index (Phi) is 3.63. The number of aromatic nitrogens is 1. The lowest BCUT2D eigenvalue weighted by molar-refractivity contribution is -0.126. The molecule has 5 heteroatoms. The van der Waals surface area contributed by atoms with Crippen molar-refractivity contribution in [2.45, 2.75) is 64.2 Å². The van der Waals surface area contributed by atoms with Crippen molar-refractivity contribution in [3.05, 3.63) is 18.3 Å². The molecule has 1 aromatic rings. The topological polar surface area (TPSA) is 71.1 Å². The molecule has 5 rings (SSSR count). The summed E-state index contributed by atoms with van der Waals surface area (Å²) in [5, 5.41) is 6.13. The second-order valence-electron chi connectivity index (χ2n) is 9.16. The van der Waals surface area contributed by atoms with E-state index in [0.717, 1.165) is 50.4 Å². The van der Waals surface area contributed by atoms with Crippen molar-refractivity contribution >= 4 is 23.3 Å². The molecule has 0 unspecified atom stereocenters. The first-order valence-corrected chi connectivity index (χ1v) is 10.2. The monoisotopic (exact) mass is 353 g/mol. The summed E-state index contributed by atoms with van der Waals surface area (Å²) in [7, 11) is 0. The van der Waals surface area contributed by atoms with Crippen LogP contribution in [-0.2, 0) is 9.59 Å². The Balaban J connectivity index is 1.33. The molecule has 2 N–H and O–H groups in total. The average Bonchev–Trinajstić information content (AvgIpc) is 3.44. The third-order valence-corrected chi connectivity index (χ3v) is 7.73. The fourth-order valence-corrected chi connectivity index (χ4v) is 6.12. The van der Waals surface area contributed by atoms with E-state index in [1.54, 1.807) is 6.20 Å². The second kappa shape index (κ2) is 5.80. The number of nitrogens with zero attached hydrogens (tertiary/aromatic N) is 1. The number of nitrogens with one attached hydrogen (secondary N) is 2. The molecule has 5 nitrogen and oxygen atoms in total. The molecule has 4 bridgehead atoms. The van der Waals surface area contributed by atoms with Crippen LogP contribution < -0.4 is 10.6 Å². The van der Waals surface area contributed by atoms with Gasteiger partial charge in [-0.15, -0.1) is 0 Å². The molecule has 4 aliphatic rings. The van der Waals surface area contributed by atoms with Gasteiger partial charge in [0.15, 0.2) is 5.82 Å². The van der Waals surface area contributed by atoms with Crippen LogP contribution in [0.25, 0.3) is 0 Å². The fourth-order valence-electron chi connectivity index (χ4n) is 6.12. The largest absolute Gasteiger partial charge is 0.322 e. The Morgan fingerprint density at radius 1 is 0.885 bits per heavy atom. The van der Waals surface area contributed by atoms with Gasteiger partial charge in [-0.25, -0.2) is 4.98 Å². The number of hydrogen-bond donors (Lipinski definition) is 2. The molecule has 0 atom stereocenters. The zero-order valence-corrected chi connectivity index (χ0v) is 15.2. The van der Waals surface area contributed by atoms with Gasteiger partial charge >= 0.3 is 0 Å². The summed E-state index contributed by atoms with van der Waals surface area (Å²) >= 11 is 0. The number of carbonyl (C=O) groups excluding carboxylic acids is 2. The highest BCUT2D eigenvalue weighted by molar-refractivity contribution is 6.02. The number of rotatable bonds is 4. The third-order valence-electron chi connectivity index (χ3n) is 7.73. The van der Waals surface area contributed by atoms with Gasteiger partial charge in [0.25, 0.3) is 0 Å². The number of amides is 2. The Bertz CT molecular complexity index is 680. The number of hydrogen-bond acceptors (Lipinski definition) is 3. The van der Waals surface area contributed by atoms with Gasteiger partial charge < -0.3 is 10.6 Å². The molecule has 0 aliphatic heterocycles. The zero-order valence-electron chi connectivity index (χ0n) is 15.2. The van der Waals surface area contributed by atoms with Crippen molar-refractivity contribution in [1.29, 1.82) is 0 Å². The van der Waals surface area contributed by atoms with E-state index in [-0.39, 0.29) is 22.6 Å². The Hall–Kier alpha value is -1.91. The van der Waals surface area contributed by atoms with Crippen LogP contribution in [0.1, 0.15) is 64.2 Å². The van der Waals surface area contributed by atoms with Crippen LogP contribution in [0.3, 0.4) is 0 Å². The number of carbonyl (C=O) groups is 2. The highest BCUT2D eigenvalue weighted by atomic mass is 16.2. The average molecular weight is 353 g/mol. The first kappa shape index (κ1) is 16.3. The maximum Gasteiger partial charge on any atom is 0.231 e. The summed E-state index contributed by atoms with van der Waals surface area (Å²) in [5.41, 5.74) is 0.246. The number of anilines is 2. The van der Waals surface area contributed by atoms with E-state index in [2.05, 4.69) is 15.6 Å². The highest BCUT2D eigenvalue weighted by Gasteiger charge is 2.51. The maximum absolute atomic E-state index is 13.0. The lowest BCUT2D eigenvalue weighted by Crippen LogP contribution is -2.34. The minimum atomic E-state index is -0.202. The molecular formula is C21H27N3O2. The second-order valence-corrected chi connectivity index (χ2v) is 9.16. The first-order chi connectivity index (χ1) is 12.6. The minimum Gasteiger partial charge on any atom is -0.322 e. The van der Waals surface area contributed by atoms with E-state index in [4.69, 9.17) is 0 Å². The van der Waals surface area contributed by atoms with Crippen molar-refractivity contribution in [3.63, 3.8) is 0 Å². The molecule has 0 spiro atoms. The molecule has 4 aliphatic carbocycles. The summed E-state index contributed by atoms with van der Waals surface area (Å²) in [5.74, 6) is 2.15. The Morgan fingerprint density at radius 2 is 1.42 bits per heavy atom. The van der Waals surface area contributed by atoms with Crippen molar-refractivity contribution < 1.29 is 9.59 Å². The minimum absolute atomic E-state index is 0.0895. The molecule has 4 fully saturated rings. The SMILES string of the molecule is O=C(Nc1cccnc1NC(=O)C12CCC(CC1)C2)C12CCC(CC1)C2.